The van der Waals surface area contributed by atoms with Gasteiger partial charge in [-0.2, -0.15) is 6.42 Å². The van der Waals surface area contributed by atoms with Crippen LogP contribution in [0.3, 0.4) is 0 Å². The van der Waals surface area contributed by atoms with Crippen LogP contribution in [0.4, 0.5) is 0 Å². The van der Waals surface area contributed by atoms with Gasteiger partial charge in [0.15, 0.2) is 0 Å². The van der Waals surface area contributed by atoms with E-state index >= 15 is 0 Å². The first kappa shape index (κ1) is 383. The number of hydrogen-bond acceptors (Lipinski definition) is 0. The van der Waals surface area contributed by atoms with Crippen molar-refractivity contribution in [3.8, 4) is 0 Å². The first-order valence-corrected chi connectivity index (χ1v) is 1.21. The minimum atomic E-state index is 0. The van der Waals surface area contributed by atoms with E-state index in [-0.39, 0.29) is 1610 Å². The molecule has 0 aromatic rings. The molecule has 0 spiro atoms. The van der Waals surface area contributed by atoms with E-state index in [2.05, 4.69) is 6.92 Å². The maximum absolute atomic E-state index is 3.49. The predicted molar refractivity (Wildman–Crippen MR) is 22.1 cm³/mol. The summed E-state index contributed by atoms with van der Waals surface area (Å²) in [5, 5.41) is 0. The van der Waals surface area contributed by atoms with Crippen LogP contribution >= 0.6 is 0 Å². The summed E-state index contributed by atoms with van der Waals surface area (Å²) in [7, 11) is 0. The minimum Gasteiger partial charge on any atom is -0.358 e. The quantitative estimate of drug-likeness (QED) is 0.324. The molecule has 0 aliphatic heterocycles. The molecule has 0 aliphatic carbocycles. The van der Waals surface area contributed by atoms with E-state index in [1.54, 1.807) is 0 Å². The Morgan fingerprint density at radius 1 is 0.151 bits per heavy atom. The van der Waals surface area contributed by atoms with Crippen LogP contribution in [-0.4, -0.2) is 0 Å². The van der Waals surface area contributed by atoms with Gasteiger partial charge in [0, 0.05) is 1600 Å². The molecular formula is C4H10Y49-2. The zero-order chi connectivity index (χ0) is 2.71. The van der Waals surface area contributed by atoms with Gasteiger partial charge >= 0.3 is 0 Å². The molecule has 0 aromatic carbocycles. The Balaban J connectivity index is -0.0000000000163. The van der Waals surface area contributed by atoms with Crippen molar-refractivity contribution in [2.45, 2.75) is 13.3 Å². The van der Waals surface area contributed by atoms with Crippen LogP contribution in [0.2, 0.25) is 0 Å². The summed E-state index contributed by atoms with van der Waals surface area (Å²) in [6.45, 7) is 5.50. The van der Waals surface area contributed by atoms with Crippen LogP contribution in [-0.2, 0) is 1600 Å². The number of rotatable bonds is 0. The molecule has 0 N–H and O–H groups in total. The van der Waals surface area contributed by atoms with Crippen molar-refractivity contribution in [1.29, 1.82) is 0 Å². The van der Waals surface area contributed by atoms with Crippen LogP contribution in [0, 0.1) is 14.4 Å². The molecule has 0 atom stereocenters. The molecule has 0 fully saturated rings. The number of hydrogen-bond donors (Lipinski definition) is 0. The standard InChI is InChI=1S/C3H7.CH3.49Y/c1-3-2;;;;;;;;;;;;;;;;;;;;;;;;;;;;;;;;;;;;;;;;;;;;;;;;;;/h1,3H2,2H3;1H3;;;;;;;;;;;;;;;;;;;;;;;;;;;;;;;;;;;;;;;;;;;;;;;;;/q2*-1;;;;;;;;;;;;;;;;;;;;;;;;;;;;;;;;;;;;;;;;;;;;;;;;;. The van der Waals surface area contributed by atoms with E-state index in [0.717, 1.165) is 6.42 Å². The Bertz CT molecular complexity index is 20.5. The minimum absolute atomic E-state index is 0. The Kier molecular flexibility index (Phi) is 2790. The first-order chi connectivity index (χ1) is 1.41. The summed E-state index contributed by atoms with van der Waals surface area (Å²) in [4.78, 5) is 0. The van der Waals surface area contributed by atoms with Crippen molar-refractivity contribution < 1.29 is 1600 Å². The molecule has 0 rings (SSSR count). The second-order valence-corrected chi connectivity index (χ2v) is 0.500. The van der Waals surface area contributed by atoms with Gasteiger partial charge in [-0.3, -0.25) is 0 Å². The van der Waals surface area contributed by atoms with Gasteiger partial charge in [-0.1, -0.05) is 6.92 Å². The van der Waals surface area contributed by atoms with E-state index in [9.17, 15) is 0 Å². The van der Waals surface area contributed by atoms with Gasteiger partial charge in [0.2, 0.25) is 0 Å². The topological polar surface area (TPSA) is 0 Å². The molecule has 0 amide bonds. The van der Waals surface area contributed by atoms with Crippen molar-refractivity contribution in [3.05, 3.63) is 14.4 Å². The van der Waals surface area contributed by atoms with Crippen LogP contribution in [0.15, 0.2) is 0 Å². The summed E-state index contributed by atoms with van der Waals surface area (Å²) in [6, 6.07) is 0. The van der Waals surface area contributed by atoms with Crippen molar-refractivity contribution in [1.82, 2.24) is 0 Å². The van der Waals surface area contributed by atoms with Gasteiger partial charge in [0.1, 0.15) is 0 Å². The van der Waals surface area contributed by atoms with E-state index in [1.807, 2.05) is 6.92 Å². The fourth-order valence-corrected chi connectivity index (χ4v) is 0. The van der Waals surface area contributed by atoms with Gasteiger partial charge in [0.25, 0.3) is 0 Å². The summed E-state index contributed by atoms with van der Waals surface area (Å²) >= 11 is 0. The van der Waals surface area contributed by atoms with Crippen molar-refractivity contribution in [2.75, 3.05) is 0 Å². The zero-order valence-corrected chi connectivity index (χ0v) is 171. The average Bonchev–Trinajstić information content (AvgIpc) is 0.918. The van der Waals surface area contributed by atoms with Gasteiger partial charge in [0.05, 0.1) is 0 Å². The molecule has 0 nitrogen and oxygen atoms in total. The van der Waals surface area contributed by atoms with Gasteiger partial charge in [-0.05, 0) is 0 Å². The molecule has 0 aromatic heterocycles. The maximum Gasteiger partial charge on any atom is 0 e. The largest absolute Gasteiger partial charge is 0.358 e. The molecule has 0 saturated heterocycles. The molecule has 0 unspecified atom stereocenters. The molecular weight excluding hydrogens is 4400 g/mol. The summed E-state index contributed by atoms with van der Waals surface area (Å²) < 4.78 is 0. The van der Waals surface area contributed by atoms with Gasteiger partial charge < -0.3 is 14.4 Å². The van der Waals surface area contributed by atoms with Gasteiger partial charge in [-0.25, -0.2) is 0 Å². The Labute approximate surface area is 1570 Å². The summed E-state index contributed by atoms with van der Waals surface area (Å²) in [5.41, 5.74) is 0. The van der Waals surface area contributed by atoms with Crippen LogP contribution in [0.5, 0.6) is 0 Å². The first-order valence-electron chi connectivity index (χ1n) is 1.21. The van der Waals surface area contributed by atoms with E-state index in [0.29, 0.717) is 0 Å². The smallest absolute Gasteiger partial charge is 0 e. The molecule has 53 heavy (non-hydrogen) atoms. The van der Waals surface area contributed by atoms with Crippen LogP contribution in [0.25, 0.3) is 0 Å². The summed E-state index contributed by atoms with van der Waals surface area (Å²) in [5.74, 6) is 0. The summed E-state index contributed by atoms with van der Waals surface area (Å²) in [6.07, 6.45) is 1.00. The molecule has 0 heterocycles. The third kappa shape index (κ3) is 393. The molecule has 49 radical (unpaired) electrons. The Morgan fingerprint density at radius 2 is 0.151 bits per heavy atom. The second-order valence-electron chi connectivity index (χ2n) is 0.500. The molecule has 49 heteroatoms. The zero-order valence-electron chi connectivity index (χ0n) is 31.7. The molecule has 0 saturated carbocycles. The monoisotopic (exact) mass is 4410 g/mol. The van der Waals surface area contributed by atoms with Crippen molar-refractivity contribution in [2.24, 2.45) is 0 Å². The third-order valence-corrected chi connectivity index (χ3v) is 0. The SMILES string of the molecule is [CH2-]CC.[CH3-].[Y].[Y].[Y].[Y].[Y].[Y].[Y].[Y].[Y].[Y].[Y].[Y].[Y].[Y].[Y].[Y].[Y].[Y].[Y].[Y].[Y].[Y].[Y].[Y].[Y].[Y].[Y].[Y].[Y].[Y].[Y].[Y].[Y].[Y].[Y].[Y].[Y].[Y].[Y].[Y].[Y].[Y].[Y].[Y].[Y].[Y].[Y].[Y].[Y]. The van der Waals surface area contributed by atoms with E-state index in [1.165, 1.54) is 0 Å². The van der Waals surface area contributed by atoms with Crippen LogP contribution in [0.1, 0.15) is 13.3 Å². The average molecular weight is 4410 g/mol. The Morgan fingerprint density at radius 3 is 0.151 bits per heavy atom. The Hall–Kier alpha value is 54.1. The van der Waals surface area contributed by atoms with Crippen molar-refractivity contribution in [3.63, 3.8) is 0 Å². The van der Waals surface area contributed by atoms with Gasteiger partial charge in [-0.15, -0.1) is 0 Å². The molecule has 0 aliphatic rings. The van der Waals surface area contributed by atoms with Crippen molar-refractivity contribution >= 4 is 0 Å². The molecule has 0 bridgehead atoms. The predicted octanol–water partition coefficient (Wildman–Crippen LogP) is 1.56. The van der Waals surface area contributed by atoms with E-state index < -0.39 is 0 Å². The van der Waals surface area contributed by atoms with E-state index in [4.69, 9.17) is 0 Å². The molecule has 175 valence electrons. The fourth-order valence-electron chi connectivity index (χ4n) is 0. The normalized spacial score (nSPS) is 0.340. The second kappa shape index (κ2) is 386. The third-order valence-electron chi connectivity index (χ3n) is 0. The van der Waals surface area contributed by atoms with Crippen LogP contribution < -0.4 is 0 Å². The fraction of sp³-hybridized carbons (Fsp3) is 0.500. The maximum atomic E-state index is 3.49.